The molecule has 0 radical (unpaired) electrons. The molecule has 0 aromatic carbocycles. The highest BCUT2D eigenvalue weighted by atomic mass is 31.2. The third-order valence-corrected chi connectivity index (χ3v) is 2.86. The summed E-state index contributed by atoms with van der Waals surface area (Å²) in [6, 6.07) is 0. The molecule has 0 aromatic rings. The van der Waals surface area contributed by atoms with E-state index < -0.39 is 7.82 Å². The Balaban J connectivity index is 0.000000293. The van der Waals surface area contributed by atoms with Crippen LogP contribution in [-0.4, -0.2) is 44.5 Å². The Bertz CT molecular complexity index is 211. The molecule has 2 aliphatic heterocycles. The van der Waals surface area contributed by atoms with Crippen LogP contribution in [0.25, 0.3) is 0 Å². The van der Waals surface area contributed by atoms with E-state index in [1.54, 1.807) is 13.8 Å². The second-order valence-corrected chi connectivity index (χ2v) is 4.89. The summed E-state index contributed by atoms with van der Waals surface area (Å²) >= 11 is 0. The Hall–Kier alpha value is -0.130. The molecule has 2 fully saturated rings. The monoisotopic (exact) mass is 334 g/mol. The number of hydrogen-bond donors (Lipinski definition) is 1. The van der Waals surface area contributed by atoms with Crippen molar-refractivity contribution in [3.05, 3.63) is 0 Å². The lowest BCUT2D eigenvalue weighted by Crippen LogP contribution is -2.08. The molecule has 2 aliphatic rings. The van der Waals surface area contributed by atoms with Gasteiger partial charge < -0.3 is 4.89 Å². The van der Waals surface area contributed by atoms with Gasteiger partial charge in [0.05, 0.1) is 39.6 Å². The molecule has 0 aliphatic carbocycles. The van der Waals surface area contributed by atoms with Crippen molar-refractivity contribution in [3.8, 4) is 0 Å². The van der Waals surface area contributed by atoms with Gasteiger partial charge in [0.2, 0.25) is 0 Å². The molecule has 0 amide bonds. The van der Waals surface area contributed by atoms with Gasteiger partial charge >= 0.3 is 7.82 Å². The molecule has 128 valence electrons. The first-order valence-electron chi connectivity index (χ1n) is 6.56. The van der Waals surface area contributed by atoms with Crippen molar-refractivity contribution in [1.29, 1.82) is 0 Å². The maximum Gasteiger partial charge on any atom is 0.472 e. The molecule has 11 heteroatoms. The first kappa shape index (κ1) is 20.9. The third kappa shape index (κ3) is 16.1. The van der Waals surface area contributed by atoms with E-state index in [9.17, 15) is 4.57 Å². The summed E-state index contributed by atoms with van der Waals surface area (Å²) in [5.41, 5.74) is 0. The van der Waals surface area contributed by atoms with E-state index >= 15 is 0 Å². The Kier molecular flexibility index (Phi) is 14.7. The van der Waals surface area contributed by atoms with E-state index in [1.165, 1.54) is 0 Å². The minimum Gasteiger partial charge on any atom is -0.302 e. The topological polar surface area (TPSA) is 111 Å². The van der Waals surface area contributed by atoms with Gasteiger partial charge in [-0.25, -0.2) is 24.1 Å². The quantitative estimate of drug-likeness (QED) is 0.602. The largest absolute Gasteiger partial charge is 0.472 e. The lowest BCUT2D eigenvalue weighted by atomic mass is 10.5. The molecule has 0 atom stereocenters. The van der Waals surface area contributed by atoms with Crippen LogP contribution >= 0.6 is 7.82 Å². The summed E-state index contributed by atoms with van der Waals surface area (Å²) in [6.45, 7) is 6.24. The van der Waals surface area contributed by atoms with Crippen molar-refractivity contribution in [2.45, 2.75) is 26.7 Å². The predicted octanol–water partition coefficient (Wildman–Crippen LogP) is 1.70. The van der Waals surface area contributed by atoms with Crippen LogP contribution in [0.5, 0.6) is 0 Å². The van der Waals surface area contributed by atoms with Gasteiger partial charge in [-0.15, -0.1) is 0 Å². The van der Waals surface area contributed by atoms with Gasteiger partial charge in [0.25, 0.3) is 0 Å². The van der Waals surface area contributed by atoms with E-state index in [0.717, 1.165) is 12.8 Å². The second-order valence-electron chi connectivity index (χ2n) is 3.44. The molecule has 2 heterocycles. The Morgan fingerprint density at radius 1 is 0.857 bits per heavy atom. The molecule has 1 N–H and O–H groups in total. The molecule has 0 aromatic heterocycles. The third-order valence-electron chi connectivity index (χ3n) is 1.69. The average Bonchev–Trinajstić information content (AvgIpc) is 2.52. The molecule has 0 saturated carbocycles. The number of hydrogen-bond acceptors (Lipinski definition) is 9. The maximum absolute atomic E-state index is 10.5. The highest BCUT2D eigenvalue weighted by Gasteiger charge is 2.17. The summed E-state index contributed by atoms with van der Waals surface area (Å²) in [4.78, 5) is 26.0. The lowest BCUT2D eigenvalue weighted by molar-refractivity contribution is -0.532. The van der Waals surface area contributed by atoms with E-state index in [2.05, 4.69) is 38.7 Å². The number of phosphoric acid groups is 1. The van der Waals surface area contributed by atoms with Crippen molar-refractivity contribution in [2.75, 3.05) is 39.6 Å². The van der Waals surface area contributed by atoms with Crippen LogP contribution in [0.15, 0.2) is 0 Å². The Morgan fingerprint density at radius 2 is 1.19 bits per heavy atom. The van der Waals surface area contributed by atoms with Gasteiger partial charge in [-0.2, -0.15) is 0 Å². The van der Waals surface area contributed by atoms with Crippen LogP contribution in [0.3, 0.4) is 0 Å². The lowest BCUT2D eigenvalue weighted by Gasteiger charge is -2.07. The summed E-state index contributed by atoms with van der Waals surface area (Å²) in [6.07, 6.45) is 1.86. The van der Waals surface area contributed by atoms with E-state index in [4.69, 9.17) is 4.89 Å². The first-order valence-corrected chi connectivity index (χ1v) is 8.06. The van der Waals surface area contributed by atoms with Crippen LogP contribution in [0.4, 0.5) is 0 Å². The smallest absolute Gasteiger partial charge is 0.302 e. The molecule has 0 bridgehead atoms. The average molecular weight is 334 g/mol. The van der Waals surface area contributed by atoms with Crippen molar-refractivity contribution < 1.29 is 48.1 Å². The maximum atomic E-state index is 10.5. The van der Waals surface area contributed by atoms with Crippen molar-refractivity contribution in [3.63, 3.8) is 0 Å². The molecular formula is C10H23O10P. The zero-order valence-corrected chi connectivity index (χ0v) is 13.1. The summed E-state index contributed by atoms with van der Waals surface area (Å²) in [7, 11) is -3.69. The van der Waals surface area contributed by atoms with Crippen molar-refractivity contribution in [2.24, 2.45) is 0 Å². The van der Waals surface area contributed by atoms with Gasteiger partial charge in [-0.05, 0) is 13.8 Å². The summed E-state index contributed by atoms with van der Waals surface area (Å²) < 4.78 is 19.2. The second kappa shape index (κ2) is 14.8. The SMILES string of the molecule is C1COOOC1.C1COOOC1.CCOP(=O)(O)OCC. The fourth-order valence-corrected chi connectivity index (χ4v) is 1.65. The Morgan fingerprint density at radius 3 is 1.33 bits per heavy atom. The van der Waals surface area contributed by atoms with Crippen LogP contribution < -0.4 is 0 Å². The summed E-state index contributed by atoms with van der Waals surface area (Å²) in [5, 5.41) is 8.14. The van der Waals surface area contributed by atoms with Gasteiger partial charge in [0.1, 0.15) is 0 Å². The Labute approximate surface area is 123 Å². The zero-order chi connectivity index (χ0) is 15.8. The van der Waals surface area contributed by atoms with Gasteiger partial charge in [0.15, 0.2) is 0 Å². The highest BCUT2D eigenvalue weighted by molar-refractivity contribution is 7.47. The van der Waals surface area contributed by atoms with Crippen molar-refractivity contribution >= 4 is 7.82 Å². The molecule has 21 heavy (non-hydrogen) atoms. The predicted molar refractivity (Wildman–Crippen MR) is 68.3 cm³/mol. The minimum atomic E-state index is -3.69. The molecular weight excluding hydrogens is 311 g/mol. The van der Waals surface area contributed by atoms with Crippen molar-refractivity contribution in [1.82, 2.24) is 0 Å². The first-order chi connectivity index (χ1) is 10.1. The van der Waals surface area contributed by atoms with Crippen LogP contribution in [0.1, 0.15) is 26.7 Å². The highest BCUT2D eigenvalue weighted by Crippen LogP contribution is 2.42. The molecule has 0 spiro atoms. The van der Waals surface area contributed by atoms with Gasteiger partial charge in [-0.3, -0.25) is 9.05 Å². The minimum absolute atomic E-state index is 0.188. The van der Waals surface area contributed by atoms with Crippen LogP contribution in [-0.2, 0) is 43.2 Å². The standard InChI is InChI=1S/C4H11O4P.2C3H6O3/c1-3-7-9(5,6)8-4-2;2*1-2-4-6-5-3-1/h3-4H2,1-2H3,(H,5,6);2*1-3H2. The molecule has 0 unspecified atom stereocenters. The van der Waals surface area contributed by atoms with Crippen LogP contribution in [0.2, 0.25) is 0 Å². The van der Waals surface area contributed by atoms with Crippen LogP contribution in [0, 0.1) is 0 Å². The van der Waals surface area contributed by atoms with E-state index in [0.29, 0.717) is 26.4 Å². The summed E-state index contributed by atoms with van der Waals surface area (Å²) in [5.74, 6) is 0. The number of phosphoric ester groups is 1. The van der Waals surface area contributed by atoms with Gasteiger partial charge in [-0.1, -0.05) is 10.1 Å². The number of rotatable bonds is 4. The molecule has 10 nitrogen and oxygen atoms in total. The molecule has 2 saturated heterocycles. The van der Waals surface area contributed by atoms with E-state index in [1.807, 2.05) is 0 Å². The van der Waals surface area contributed by atoms with E-state index in [-0.39, 0.29) is 13.2 Å². The zero-order valence-electron chi connectivity index (χ0n) is 12.2. The fraction of sp³-hybridized carbons (Fsp3) is 1.00. The fourth-order valence-electron chi connectivity index (χ4n) is 0.921. The van der Waals surface area contributed by atoms with Gasteiger partial charge in [0, 0.05) is 12.8 Å². The molecule has 2 rings (SSSR count). The normalized spacial score (nSPS) is 18.8.